The van der Waals surface area contributed by atoms with Gasteiger partial charge in [0.25, 0.3) is 5.91 Å². The van der Waals surface area contributed by atoms with Crippen LogP contribution in [0.15, 0.2) is 66.9 Å². The number of nitrogens with one attached hydrogen (secondary N) is 2. The third-order valence-corrected chi connectivity index (χ3v) is 3.75. The van der Waals surface area contributed by atoms with Crippen molar-refractivity contribution in [1.82, 2.24) is 4.98 Å². The number of methoxy groups -OCH3 is 1. The molecule has 132 valence electrons. The largest absolute Gasteiger partial charge is 0.496 e. The van der Waals surface area contributed by atoms with Crippen molar-refractivity contribution in [2.24, 2.45) is 0 Å². The molecule has 0 aliphatic rings. The van der Waals surface area contributed by atoms with Gasteiger partial charge in [-0.25, -0.2) is 4.39 Å². The second kappa shape index (κ2) is 8.11. The van der Waals surface area contributed by atoms with Crippen molar-refractivity contribution in [3.63, 3.8) is 0 Å². The summed E-state index contributed by atoms with van der Waals surface area (Å²) in [7, 11) is 1.44. The van der Waals surface area contributed by atoms with Crippen LogP contribution in [0.4, 0.5) is 15.8 Å². The molecule has 0 spiro atoms. The number of carbonyl (C=O) groups excluding carboxylic acids is 1. The maximum absolute atomic E-state index is 13.4. The van der Waals surface area contributed by atoms with Crippen LogP contribution in [0.25, 0.3) is 0 Å². The summed E-state index contributed by atoms with van der Waals surface area (Å²) in [6.07, 6.45) is 1.75. The standard InChI is InChI=1S/C20H18FN3O2/c1-26-19-10-5-14(21)12-18(19)20(25)24-16-8-6-15(7-9-16)23-13-17-4-2-3-11-22-17/h2-12,23H,13H2,1H3,(H,24,25). The first-order chi connectivity index (χ1) is 12.7. The predicted octanol–water partition coefficient (Wildman–Crippen LogP) is 4.09. The lowest BCUT2D eigenvalue weighted by molar-refractivity contribution is 0.102. The molecule has 1 aromatic heterocycles. The summed E-state index contributed by atoms with van der Waals surface area (Å²) in [5.74, 6) is -0.613. The van der Waals surface area contributed by atoms with E-state index >= 15 is 0 Å². The molecule has 3 rings (SSSR count). The Labute approximate surface area is 150 Å². The van der Waals surface area contributed by atoms with Crippen LogP contribution in [0, 0.1) is 5.82 Å². The fourth-order valence-electron chi connectivity index (χ4n) is 2.42. The summed E-state index contributed by atoms with van der Waals surface area (Å²) in [5.41, 5.74) is 2.58. The van der Waals surface area contributed by atoms with Crippen molar-refractivity contribution in [3.05, 3.63) is 83.9 Å². The van der Waals surface area contributed by atoms with Gasteiger partial charge in [-0.3, -0.25) is 9.78 Å². The molecule has 0 saturated carbocycles. The van der Waals surface area contributed by atoms with Crippen molar-refractivity contribution in [2.75, 3.05) is 17.7 Å². The van der Waals surface area contributed by atoms with Crippen molar-refractivity contribution in [1.29, 1.82) is 0 Å². The number of nitrogens with zero attached hydrogens (tertiary/aromatic N) is 1. The highest BCUT2D eigenvalue weighted by Crippen LogP contribution is 2.21. The maximum atomic E-state index is 13.4. The number of aromatic nitrogens is 1. The molecule has 2 aromatic carbocycles. The monoisotopic (exact) mass is 351 g/mol. The Morgan fingerprint density at radius 2 is 1.85 bits per heavy atom. The topological polar surface area (TPSA) is 63.2 Å². The normalized spacial score (nSPS) is 10.2. The minimum absolute atomic E-state index is 0.143. The minimum Gasteiger partial charge on any atom is -0.496 e. The van der Waals surface area contributed by atoms with Crippen LogP contribution in [0.3, 0.4) is 0 Å². The fraction of sp³-hybridized carbons (Fsp3) is 0.100. The van der Waals surface area contributed by atoms with Crippen LogP contribution in [0.1, 0.15) is 16.1 Å². The Kier molecular flexibility index (Phi) is 5.43. The van der Waals surface area contributed by atoms with E-state index in [0.717, 1.165) is 17.4 Å². The first-order valence-electron chi connectivity index (χ1n) is 8.04. The molecule has 3 aromatic rings. The van der Waals surface area contributed by atoms with Crippen LogP contribution >= 0.6 is 0 Å². The zero-order valence-corrected chi connectivity index (χ0v) is 14.2. The molecule has 0 radical (unpaired) electrons. The van der Waals surface area contributed by atoms with E-state index in [4.69, 9.17) is 4.74 Å². The quantitative estimate of drug-likeness (QED) is 0.702. The molecule has 0 aliphatic carbocycles. The van der Waals surface area contributed by atoms with Gasteiger partial charge in [-0.15, -0.1) is 0 Å². The Morgan fingerprint density at radius 1 is 1.08 bits per heavy atom. The highest BCUT2D eigenvalue weighted by atomic mass is 19.1. The smallest absolute Gasteiger partial charge is 0.259 e. The number of amides is 1. The van der Waals surface area contributed by atoms with Gasteiger partial charge in [-0.1, -0.05) is 6.07 Å². The predicted molar refractivity (Wildman–Crippen MR) is 98.9 cm³/mol. The minimum atomic E-state index is -0.495. The van der Waals surface area contributed by atoms with Gasteiger partial charge in [0, 0.05) is 17.6 Å². The molecule has 2 N–H and O–H groups in total. The molecule has 6 heteroatoms. The van der Waals surface area contributed by atoms with Gasteiger partial charge in [0.2, 0.25) is 0 Å². The van der Waals surface area contributed by atoms with E-state index in [1.54, 1.807) is 18.3 Å². The Balaban J connectivity index is 1.64. The summed E-state index contributed by atoms with van der Waals surface area (Å²) >= 11 is 0. The van der Waals surface area contributed by atoms with Gasteiger partial charge in [0.15, 0.2) is 0 Å². The number of hydrogen-bond acceptors (Lipinski definition) is 4. The average Bonchev–Trinajstić information content (AvgIpc) is 2.68. The summed E-state index contributed by atoms with van der Waals surface area (Å²) in [6.45, 7) is 0.604. The number of carbonyl (C=O) groups is 1. The number of benzene rings is 2. The summed E-state index contributed by atoms with van der Waals surface area (Å²) in [6, 6.07) is 16.8. The zero-order chi connectivity index (χ0) is 18.4. The lowest BCUT2D eigenvalue weighted by Crippen LogP contribution is -2.13. The second-order valence-electron chi connectivity index (χ2n) is 5.55. The molecule has 1 amide bonds. The van der Waals surface area contributed by atoms with Gasteiger partial charge >= 0.3 is 0 Å². The SMILES string of the molecule is COc1ccc(F)cc1C(=O)Nc1ccc(NCc2ccccn2)cc1. The highest BCUT2D eigenvalue weighted by molar-refractivity contribution is 6.06. The van der Waals surface area contributed by atoms with Crippen molar-refractivity contribution < 1.29 is 13.9 Å². The molecule has 0 fully saturated rings. The van der Waals surface area contributed by atoms with E-state index in [0.29, 0.717) is 18.0 Å². The number of pyridine rings is 1. The van der Waals surface area contributed by atoms with Gasteiger partial charge in [-0.2, -0.15) is 0 Å². The van der Waals surface area contributed by atoms with Crippen molar-refractivity contribution >= 4 is 17.3 Å². The maximum Gasteiger partial charge on any atom is 0.259 e. The van der Waals surface area contributed by atoms with E-state index in [2.05, 4.69) is 15.6 Å². The molecular formula is C20H18FN3O2. The number of anilines is 2. The molecule has 0 saturated heterocycles. The summed E-state index contributed by atoms with van der Waals surface area (Å²) < 4.78 is 18.5. The van der Waals surface area contributed by atoms with E-state index in [1.165, 1.54) is 19.2 Å². The molecule has 26 heavy (non-hydrogen) atoms. The number of halogens is 1. The van der Waals surface area contributed by atoms with E-state index in [1.807, 2.05) is 30.3 Å². The van der Waals surface area contributed by atoms with E-state index in [9.17, 15) is 9.18 Å². The van der Waals surface area contributed by atoms with Gasteiger partial charge in [0.1, 0.15) is 11.6 Å². The molecule has 0 aliphatic heterocycles. The van der Waals surface area contributed by atoms with Crippen molar-refractivity contribution in [2.45, 2.75) is 6.54 Å². The van der Waals surface area contributed by atoms with Gasteiger partial charge in [0.05, 0.1) is 24.9 Å². The summed E-state index contributed by atoms with van der Waals surface area (Å²) in [5, 5.41) is 5.99. The Hall–Kier alpha value is -3.41. The second-order valence-corrected chi connectivity index (χ2v) is 5.55. The highest BCUT2D eigenvalue weighted by Gasteiger charge is 2.13. The third kappa shape index (κ3) is 4.36. The van der Waals surface area contributed by atoms with E-state index < -0.39 is 11.7 Å². The molecule has 0 unspecified atom stereocenters. The third-order valence-electron chi connectivity index (χ3n) is 3.75. The summed E-state index contributed by atoms with van der Waals surface area (Å²) in [4.78, 5) is 16.6. The average molecular weight is 351 g/mol. The molecule has 1 heterocycles. The molecule has 0 atom stereocenters. The van der Waals surface area contributed by atoms with Crippen LogP contribution in [0.5, 0.6) is 5.75 Å². The van der Waals surface area contributed by atoms with E-state index in [-0.39, 0.29) is 5.56 Å². The van der Waals surface area contributed by atoms with Crippen LogP contribution < -0.4 is 15.4 Å². The first kappa shape index (κ1) is 17.4. The zero-order valence-electron chi connectivity index (χ0n) is 14.2. The van der Waals surface area contributed by atoms with Crippen LogP contribution in [0.2, 0.25) is 0 Å². The molecule has 5 nitrogen and oxygen atoms in total. The van der Waals surface area contributed by atoms with Crippen LogP contribution in [-0.2, 0) is 6.54 Å². The van der Waals surface area contributed by atoms with Gasteiger partial charge < -0.3 is 15.4 Å². The lowest BCUT2D eigenvalue weighted by Gasteiger charge is -2.10. The first-order valence-corrected chi connectivity index (χ1v) is 8.04. The Bertz CT molecular complexity index is 883. The number of rotatable bonds is 6. The van der Waals surface area contributed by atoms with Gasteiger partial charge in [-0.05, 0) is 54.6 Å². The number of ether oxygens (including phenoxy) is 1. The Morgan fingerprint density at radius 3 is 2.54 bits per heavy atom. The molecular weight excluding hydrogens is 333 g/mol. The molecule has 0 bridgehead atoms. The van der Waals surface area contributed by atoms with Crippen molar-refractivity contribution in [3.8, 4) is 5.75 Å². The fourth-order valence-corrected chi connectivity index (χ4v) is 2.42. The lowest BCUT2D eigenvalue weighted by atomic mass is 10.1. The van der Waals surface area contributed by atoms with Crippen LogP contribution in [-0.4, -0.2) is 18.0 Å². The number of hydrogen-bond donors (Lipinski definition) is 2.